The molecule has 0 aliphatic heterocycles. The van der Waals surface area contributed by atoms with E-state index in [2.05, 4.69) is 12.2 Å². The standard InChI is InChI=1S/C14H22N2O3/c1-3-12-9-11(5-6-13(12)18-2)10-19-14(17)16-8-4-7-15/h5-6,9H,3-4,7-8,10,15H2,1-2H3,(H,16,17). The minimum Gasteiger partial charge on any atom is -0.496 e. The van der Waals surface area contributed by atoms with Crippen LogP contribution in [0, 0.1) is 0 Å². The summed E-state index contributed by atoms with van der Waals surface area (Å²) in [5.74, 6) is 0.860. The first-order valence-electron chi connectivity index (χ1n) is 6.47. The van der Waals surface area contributed by atoms with Crippen LogP contribution in [0.1, 0.15) is 24.5 Å². The second-order valence-corrected chi connectivity index (χ2v) is 4.14. The largest absolute Gasteiger partial charge is 0.496 e. The molecule has 0 aromatic heterocycles. The molecule has 0 spiro atoms. The van der Waals surface area contributed by atoms with Gasteiger partial charge < -0.3 is 20.5 Å². The van der Waals surface area contributed by atoms with Crippen LogP contribution in [-0.2, 0) is 17.8 Å². The van der Waals surface area contributed by atoms with E-state index in [1.54, 1.807) is 7.11 Å². The van der Waals surface area contributed by atoms with Crippen LogP contribution >= 0.6 is 0 Å². The Bertz CT molecular complexity index is 408. The van der Waals surface area contributed by atoms with Gasteiger partial charge in [-0.1, -0.05) is 13.0 Å². The minimum absolute atomic E-state index is 0.255. The molecule has 0 saturated carbocycles. The van der Waals surface area contributed by atoms with Gasteiger partial charge in [0.1, 0.15) is 12.4 Å². The molecule has 1 aromatic rings. The molecular formula is C14H22N2O3. The number of amides is 1. The lowest BCUT2D eigenvalue weighted by Gasteiger charge is -2.10. The molecule has 1 rings (SSSR count). The lowest BCUT2D eigenvalue weighted by atomic mass is 10.1. The second-order valence-electron chi connectivity index (χ2n) is 4.14. The molecule has 1 aromatic carbocycles. The molecule has 0 bridgehead atoms. The molecule has 0 aliphatic carbocycles. The van der Waals surface area contributed by atoms with Crippen LogP contribution in [0.3, 0.4) is 0 Å². The van der Waals surface area contributed by atoms with Crippen molar-refractivity contribution in [3.8, 4) is 5.75 Å². The Kier molecular flexibility index (Phi) is 6.74. The van der Waals surface area contributed by atoms with Gasteiger partial charge in [-0.15, -0.1) is 0 Å². The molecule has 5 nitrogen and oxygen atoms in total. The highest BCUT2D eigenvalue weighted by molar-refractivity contribution is 5.67. The van der Waals surface area contributed by atoms with Crippen molar-refractivity contribution in [1.82, 2.24) is 5.32 Å². The molecule has 1 amide bonds. The van der Waals surface area contributed by atoms with Crippen LogP contribution in [-0.4, -0.2) is 26.3 Å². The molecule has 3 N–H and O–H groups in total. The molecule has 19 heavy (non-hydrogen) atoms. The topological polar surface area (TPSA) is 73.6 Å². The van der Waals surface area contributed by atoms with Crippen LogP contribution in [0.2, 0.25) is 0 Å². The molecule has 0 atom stereocenters. The number of alkyl carbamates (subject to hydrolysis) is 1. The number of aryl methyl sites for hydroxylation is 1. The summed E-state index contributed by atoms with van der Waals surface area (Å²) in [6.07, 6.45) is 1.21. The van der Waals surface area contributed by atoms with E-state index in [9.17, 15) is 4.79 Å². The summed E-state index contributed by atoms with van der Waals surface area (Å²) in [7, 11) is 1.65. The van der Waals surface area contributed by atoms with Gasteiger partial charge in [0.15, 0.2) is 0 Å². The second kappa shape index (κ2) is 8.37. The molecular weight excluding hydrogens is 244 g/mol. The number of carbonyl (C=O) groups is 1. The molecule has 0 saturated heterocycles. The fourth-order valence-corrected chi connectivity index (χ4v) is 1.69. The van der Waals surface area contributed by atoms with Gasteiger partial charge in [0.25, 0.3) is 0 Å². The van der Waals surface area contributed by atoms with E-state index < -0.39 is 6.09 Å². The first-order chi connectivity index (χ1) is 9.21. The first-order valence-corrected chi connectivity index (χ1v) is 6.47. The van der Waals surface area contributed by atoms with Gasteiger partial charge in [-0.2, -0.15) is 0 Å². The van der Waals surface area contributed by atoms with E-state index in [4.69, 9.17) is 15.2 Å². The highest BCUT2D eigenvalue weighted by Crippen LogP contribution is 2.20. The summed E-state index contributed by atoms with van der Waals surface area (Å²) in [4.78, 5) is 11.4. The van der Waals surface area contributed by atoms with Crippen molar-refractivity contribution in [3.05, 3.63) is 29.3 Å². The maximum atomic E-state index is 11.4. The lowest BCUT2D eigenvalue weighted by Crippen LogP contribution is -2.26. The number of rotatable bonds is 7. The Morgan fingerprint density at radius 2 is 2.21 bits per heavy atom. The Morgan fingerprint density at radius 1 is 1.42 bits per heavy atom. The summed E-state index contributed by atoms with van der Waals surface area (Å²) >= 11 is 0. The maximum absolute atomic E-state index is 11.4. The number of nitrogens with two attached hydrogens (primary N) is 1. The summed E-state index contributed by atoms with van der Waals surface area (Å²) < 4.78 is 10.4. The third-order valence-electron chi connectivity index (χ3n) is 2.75. The van der Waals surface area contributed by atoms with Gasteiger partial charge in [-0.25, -0.2) is 4.79 Å². The number of nitrogens with one attached hydrogen (secondary N) is 1. The van der Waals surface area contributed by atoms with Crippen molar-refractivity contribution < 1.29 is 14.3 Å². The van der Waals surface area contributed by atoms with E-state index >= 15 is 0 Å². The molecule has 106 valence electrons. The van der Waals surface area contributed by atoms with Crippen LogP contribution in [0.5, 0.6) is 5.75 Å². The summed E-state index contributed by atoms with van der Waals surface area (Å²) in [6, 6.07) is 5.78. The highest BCUT2D eigenvalue weighted by Gasteiger charge is 2.05. The van der Waals surface area contributed by atoms with Crippen molar-refractivity contribution in [2.45, 2.75) is 26.4 Å². The third kappa shape index (κ3) is 5.18. The smallest absolute Gasteiger partial charge is 0.407 e. The number of hydrogen-bond acceptors (Lipinski definition) is 4. The monoisotopic (exact) mass is 266 g/mol. The van der Waals surface area contributed by atoms with Crippen molar-refractivity contribution in [2.75, 3.05) is 20.2 Å². The molecule has 0 aliphatic rings. The molecule has 0 fully saturated rings. The Balaban J connectivity index is 2.47. The van der Waals surface area contributed by atoms with E-state index in [0.717, 1.165) is 29.7 Å². The average Bonchev–Trinajstić information content (AvgIpc) is 2.45. The van der Waals surface area contributed by atoms with Crippen LogP contribution in [0.15, 0.2) is 18.2 Å². The van der Waals surface area contributed by atoms with Crippen molar-refractivity contribution in [3.63, 3.8) is 0 Å². The van der Waals surface area contributed by atoms with Gasteiger partial charge in [0.2, 0.25) is 0 Å². The van der Waals surface area contributed by atoms with Crippen molar-refractivity contribution in [2.24, 2.45) is 5.73 Å². The lowest BCUT2D eigenvalue weighted by molar-refractivity contribution is 0.139. The van der Waals surface area contributed by atoms with Gasteiger partial charge in [0.05, 0.1) is 7.11 Å². The van der Waals surface area contributed by atoms with E-state index in [0.29, 0.717) is 13.1 Å². The number of hydrogen-bond donors (Lipinski definition) is 2. The van der Waals surface area contributed by atoms with E-state index in [1.807, 2.05) is 18.2 Å². The van der Waals surface area contributed by atoms with Gasteiger partial charge in [0, 0.05) is 6.54 Å². The zero-order valence-electron chi connectivity index (χ0n) is 11.6. The quantitative estimate of drug-likeness (QED) is 0.738. The zero-order chi connectivity index (χ0) is 14.1. The summed E-state index contributed by atoms with van der Waals surface area (Å²) in [6.45, 7) is 3.41. The number of methoxy groups -OCH3 is 1. The Labute approximate surface area is 114 Å². The van der Waals surface area contributed by atoms with Crippen molar-refractivity contribution in [1.29, 1.82) is 0 Å². The predicted molar refractivity (Wildman–Crippen MR) is 74.2 cm³/mol. The number of ether oxygens (including phenoxy) is 2. The van der Waals surface area contributed by atoms with Crippen LogP contribution in [0.4, 0.5) is 4.79 Å². The summed E-state index contributed by atoms with van der Waals surface area (Å²) in [5, 5.41) is 2.64. The zero-order valence-corrected chi connectivity index (χ0v) is 11.6. The Hall–Kier alpha value is -1.75. The Morgan fingerprint density at radius 3 is 2.84 bits per heavy atom. The van der Waals surface area contributed by atoms with Gasteiger partial charge in [-0.3, -0.25) is 0 Å². The first kappa shape index (κ1) is 15.3. The maximum Gasteiger partial charge on any atom is 0.407 e. The van der Waals surface area contributed by atoms with E-state index in [1.165, 1.54) is 0 Å². The molecule has 0 unspecified atom stereocenters. The minimum atomic E-state index is -0.415. The van der Waals surface area contributed by atoms with Crippen LogP contribution < -0.4 is 15.8 Å². The molecule has 0 heterocycles. The fraction of sp³-hybridized carbons (Fsp3) is 0.500. The normalized spacial score (nSPS) is 10.1. The third-order valence-corrected chi connectivity index (χ3v) is 2.75. The van der Waals surface area contributed by atoms with Gasteiger partial charge in [-0.05, 0) is 42.6 Å². The van der Waals surface area contributed by atoms with Gasteiger partial charge >= 0.3 is 6.09 Å². The molecule has 0 radical (unpaired) electrons. The predicted octanol–water partition coefficient (Wildman–Crippen LogP) is 1.83. The fourth-order valence-electron chi connectivity index (χ4n) is 1.69. The number of carbonyl (C=O) groups excluding carboxylic acids is 1. The van der Waals surface area contributed by atoms with Crippen molar-refractivity contribution >= 4 is 6.09 Å². The molecule has 5 heteroatoms. The van der Waals surface area contributed by atoms with Crippen LogP contribution in [0.25, 0.3) is 0 Å². The SMILES string of the molecule is CCc1cc(COC(=O)NCCCN)ccc1OC. The highest BCUT2D eigenvalue weighted by atomic mass is 16.5. The van der Waals surface area contributed by atoms with E-state index in [-0.39, 0.29) is 6.61 Å². The number of benzene rings is 1. The average molecular weight is 266 g/mol. The summed E-state index contributed by atoms with van der Waals surface area (Å²) in [5.41, 5.74) is 7.39.